The van der Waals surface area contributed by atoms with E-state index in [2.05, 4.69) is 12.2 Å². The first-order chi connectivity index (χ1) is 12.0. The number of fused-ring (bicyclic) bond motifs is 2. The molecule has 0 radical (unpaired) electrons. The van der Waals surface area contributed by atoms with Crippen molar-refractivity contribution >= 4 is 21.9 Å². The first-order valence-electron chi connectivity index (χ1n) is 8.89. The van der Waals surface area contributed by atoms with Crippen molar-refractivity contribution in [1.82, 2.24) is 5.32 Å². The van der Waals surface area contributed by atoms with Crippen LogP contribution in [-0.2, 0) is 6.54 Å². The van der Waals surface area contributed by atoms with Crippen LogP contribution in [0.4, 0.5) is 0 Å². The average molecular weight is 342 g/mol. The third-order valence-corrected chi connectivity index (χ3v) is 4.83. The number of hydrogen-bond acceptors (Lipinski definition) is 5. The average Bonchev–Trinajstić information content (AvgIpc) is 2.99. The van der Waals surface area contributed by atoms with Crippen molar-refractivity contribution in [3.63, 3.8) is 0 Å². The number of nitrogens with one attached hydrogen (secondary N) is 1. The van der Waals surface area contributed by atoms with Gasteiger partial charge in [0.2, 0.25) is 0 Å². The summed E-state index contributed by atoms with van der Waals surface area (Å²) >= 11 is 0. The Labute approximate surface area is 147 Å². The summed E-state index contributed by atoms with van der Waals surface area (Å²) in [6.07, 6.45) is 5.16. The van der Waals surface area contributed by atoms with E-state index in [0.29, 0.717) is 5.58 Å². The van der Waals surface area contributed by atoms with Gasteiger partial charge in [0.1, 0.15) is 11.2 Å². The minimum absolute atomic E-state index is 0.322. The summed E-state index contributed by atoms with van der Waals surface area (Å²) in [6.45, 7) is 8.45. The monoisotopic (exact) mass is 342 g/mol. The molecule has 5 nitrogen and oxygen atoms in total. The van der Waals surface area contributed by atoms with E-state index in [1.54, 1.807) is 6.07 Å². The SMILES string of the molecule is Cc1c2oc(=O)cc(C)c2c(C)c2c(CNCCCCCN)coc12. The summed E-state index contributed by atoms with van der Waals surface area (Å²) in [5.41, 5.74) is 10.7. The molecule has 0 unspecified atom stereocenters. The number of hydrogen-bond donors (Lipinski definition) is 2. The third kappa shape index (κ3) is 3.34. The van der Waals surface area contributed by atoms with Gasteiger partial charge >= 0.3 is 5.63 Å². The van der Waals surface area contributed by atoms with Crippen molar-refractivity contribution < 1.29 is 8.83 Å². The van der Waals surface area contributed by atoms with Crippen LogP contribution in [-0.4, -0.2) is 13.1 Å². The lowest BCUT2D eigenvalue weighted by Crippen LogP contribution is -2.15. The second-order valence-electron chi connectivity index (χ2n) is 6.69. The zero-order valence-electron chi connectivity index (χ0n) is 15.2. The normalized spacial score (nSPS) is 11.7. The fourth-order valence-corrected chi connectivity index (χ4v) is 3.57. The lowest BCUT2D eigenvalue weighted by molar-refractivity contribution is 0.554. The Hall–Kier alpha value is -2.11. The lowest BCUT2D eigenvalue weighted by Gasteiger charge is -2.10. The smallest absolute Gasteiger partial charge is 0.336 e. The van der Waals surface area contributed by atoms with E-state index in [0.717, 1.165) is 77.5 Å². The van der Waals surface area contributed by atoms with Gasteiger partial charge in [0.15, 0.2) is 0 Å². The lowest BCUT2D eigenvalue weighted by atomic mass is 9.97. The van der Waals surface area contributed by atoms with Gasteiger partial charge in [-0.2, -0.15) is 0 Å². The van der Waals surface area contributed by atoms with Gasteiger partial charge in [-0.15, -0.1) is 0 Å². The molecule has 3 aromatic rings. The highest BCUT2D eigenvalue weighted by Crippen LogP contribution is 2.35. The molecule has 3 rings (SSSR count). The molecule has 0 fully saturated rings. The fraction of sp³-hybridized carbons (Fsp3) is 0.450. The van der Waals surface area contributed by atoms with Crippen LogP contribution in [0, 0.1) is 20.8 Å². The second kappa shape index (κ2) is 7.42. The molecule has 25 heavy (non-hydrogen) atoms. The molecule has 3 N–H and O–H groups in total. The van der Waals surface area contributed by atoms with Crippen molar-refractivity contribution in [2.24, 2.45) is 5.73 Å². The van der Waals surface area contributed by atoms with Gasteiger partial charge in [-0.25, -0.2) is 4.79 Å². The van der Waals surface area contributed by atoms with Gasteiger partial charge in [0.25, 0.3) is 0 Å². The molecule has 2 heterocycles. The van der Waals surface area contributed by atoms with Crippen LogP contribution in [0.2, 0.25) is 0 Å². The number of benzene rings is 1. The van der Waals surface area contributed by atoms with E-state index < -0.39 is 0 Å². The Morgan fingerprint density at radius 3 is 2.60 bits per heavy atom. The van der Waals surface area contributed by atoms with Crippen molar-refractivity contribution in [3.8, 4) is 0 Å². The molecular weight excluding hydrogens is 316 g/mol. The predicted molar refractivity (Wildman–Crippen MR) is 101 cm³/mol. The van der Waals surface area contributed by atoms with Gasteiger partial charge in [-0.3, -0.25) is 0 Å². The number of rotatable bonds is 7. The van der Waals surface area contributed by atoms with Crippen LogP contribution in [0.25, 0.3) is 21.9 Å². The van der Waals surface area contributed by atoms with Crippen LogP contribution in [0.3, 0.4) is 0 Å². The Kier molecular flexibility index (Phi) is 5.25. The van der Waals surface area contributed by atoms with Gasteiger partial charge < -0.3 is 19.9 Å². The topological polar surface area (TPSA) is 81.4 Å². The van der Waals surface area contributed by atoms with E-state index in [1.165, 1.54) is 0 Å². The molecule has 0 atom stereocenters. The minimum Gasteiger partial charge on any atom is -0.464 e. The Morgan fingerprint density at radius 1 is 1.04 bits per heavy atom. The maximum absolute atomic E-state index is 11.7. The van der Waals surface area contributed by atoms with Crippen molar-refractivity contribution in [3.05, 3.63) is 45.0 Å². The minimum atomic E-state index is -0.322. The van der Waals surface area contributed by atoms with E-state index in [4.69, 9.17) is 14.6 Å². The molecule has 0 bridgehead atoms. The first kappa shape index (κ1) is 17.7. The maximum Gasteiger partial charge on any atom is 0.336 e. The van der Waals surface area contributed by atoms with Gasteiger partial charge in [-0.1, -0.05) is 6.42 Å². The molecule has 0 aliphatic heterocycles. The Bertz CT molecular complexity index is 953. The number of aryl methyl sites for hydroxylation is 3. The third-order valence-electron chi connectivity index (χ3n) is 4.83. The first-order valence-corrected chi connectivity index (χ1v) is 8.89. The van der Waals surface area contributed by atoms with Crippen molar-refractivity contribution in [2.45, 2.75) is 46.6 Å². The van der Waals surface area contributed by atoms with Gasteiger partial charge in [-0.05, 0) is 57.8 Å². The Morgan fingerprint density at radius 2 is 1.84 bits per heavy atom. The summed E-state index contributed by atoms with van der Waals surface area (Å²) in [4.78, 5) is 11.7. The van der Waals surface area contributed by atoms with Crippen molar-refractivity contribution in [1.29, 1.82) is 0 Å². The molecule has 0 aliphatic carbocycles. The summed E-state index contributed by atoms with van der Waals surface area (Å²) < 4.78 is 11.3. The summed E-state index contributed by atoms with van der Waals surface area (Å²) in [7, 11) is 0. The molecule has 5 heteroatoms. The highest BCUT2D eigenvalue weighted by Gasteiger charge is 2.18. The molecule has 1 aromatic carbocycles. The molecular formula is C20H26N2O3. The summed E-state index contributed by atoms with van der Waals surface area (Å²) in [5.74, 6) is 0. The zero-order chi connectivity index (χ0) is 18.0. The van der Waals surface area contributed by atoms with E-state index in [9.17, 15) is 4.79 Å². The fourth-order valence-electron chi connectivity index (χ4n) is 3.57. The van der Waals surface area contributed by atoms with Crippen LogP contribution in [0.5, 0.6) is 0 Å². The van der Waals surface area contributed by atoms with Crippen LogP contribution < -0.4 is 16.7 Å². The molecule has 0 spiro atoms. The van der Waals surface area contributed by atoms with Crippen LogP contribution in [0.1, 0.15) is 41.5 Å². The van der Waals surface area contributed by atoms with Crippen LogP contribution in [0.15, 0.2) is 26.0 Å². The Balaban J connectivity index is 1.96. The molecule has 2 aromatic heterocycles. The molecule has 134 valence electrons. The van der Waals surface area contributed by atoms with Gasteiger partial charge in [0.05, 0.1) is 6.26 Å². The second-order valence-corrected chi connectivity index (χ2v) is 6.69. The van der Waals surface area contributed by atoms with Crippen molar-refractivity contribution in [2.75, 3.05) is 13.1 Å². The zero-order valence-corrected chi connectivity index (χ0v) is 15.2. The van der Waals surface area contributed by atoms with E-state index in [1.807, 2.05) is 20.1 Å². The predicted octanol–water partition coefficient (Wildman–Crippen LogP) is 3.68. The molecule has 0 amide bonds. The number of nitrogens with two attached hydrogens (primary N) is 1. The van der Waals surface area contributed by atoms with Gasteiger partial charge in [0, 0.05) is 34.5 Å². The number of unbranched alkanes of at least 4 members (excludes halogenated alkanes) is 2. The molecule has 0 saturated heterocycles. The van der Waals surface area contributed by atoms with E-state index >= 15 is 0 Å². The summed E-state index contributed by atoms with van der Waals surface area (Å²) in [5, 5.41) is 5.61. The summed E-state index contributed by atoms with van der Waals surface area (Å²) in [6, 6.07) is 1.55. The van der Waals surface area contributed by atoms with Crippen LogP contribution >= 0.6 is 0 Å². The van der Waals surface area contributed by atoms with E-state index in [-0.39, 0.29) is 5.63 Å². The molecule has 0 saturated carbocycles. The largest absolute Gasteiger partial charge is 0.464 e. The maximum atomic E-state index is 11.7. The number of furan rings is 1. The highest BCUT2D eigenvalue weighted by molar-refractivity contribution is 6.03. The molecule has 0 aliphatic rings. The quantitative estimate of drug-likeness (QED) is 0.505. The standard InChI is InChI=1S/C20H26N2O3/c1-12-9-16(23)25-20-14(3)19-18(13(2)17(12)20)15(11-24-19)10-22-8-6-4-5-7-21/h9,11,22H,4-8,10,21H2,1-3H3. The highest BCUT2D eigenvalue weighted by atomic mass is 16.4.